The van der Waals surface area contributed by atoms with Crippen LogP contribution >= 0.6 is 0 Å². The van der Waals surface area contributed by atoms with E-state index in [1.165, 1.54) is 0 Å². The highest BCUT2D eigenvalue weighted by molar-refractivity contribution is 6.77. The van der Waals surface area contributed by atoms with Gasteiger partial charge in [-0.1, -0.05) is 51.2 Å². The summed E-state index contributed by atoms with van der Waals surface area (Å²) in [6, 6.07) is 0.877. The summed E-state index contributed by atoms with van der Waals surface area (Å²) in [7, 11) is -1.28. The predicted molar refractivity (Wildman–Crippen MR) is 76.9 cm³/mol. The first-order valence-corrected chi connectivity index (χ1v) is 10.1. The molecule has 2 nitrogen and oxygen atoms in total. The zero-order valence-electron chi connectivity index (χ0n) is 11.9. The molecule has 98 valence electrons. The summed E-state index contributed by atoms with van der Waals surface area (Å²) in [4.78, 5) is 11.8. The minimum absolute atomic E-state index is 0.156. The summed E-state index contributed by atoms with van der Waals surface area (Å²) in [6.07, 6.45) is 8.19. The van der Waals surface area contributed by atoms with Crippen molar-refractivity contribution >= 4 is 14.0 Å². The van der Waals surface area contributed by atoms with E-state index in [0.29, 0.717) is 6.61 Å². The average molecular weight is 254 g/mol. The third-order valence-electron chi connectivity index (χ3n) is 2.15. The number of carbonyl (C=O) groups excluding carboxylic acids is 1. The Kier molecular flexibility index (Phi) is 7.88. The molecular weight excluding hydrogens is 228 g/mol. The van der Waals surface area contributed by atoms with Crippen molar-refractivity contribution in [2.24, 2.45) is 0 Å². The molecule has 0 N–H and O–H groups in total. The minimum Gasteiger partial charge on any atom is -0.463 e. The molecule has 3 heteroatoms. The Morgan fingerprint density at radius 1 is 1.24 bits per heavy atom. The lowest BCUT2D eigenvalue weighted by molar-refractivity contribution is -0.138. The van der Waals surface area contributed by atoms with Crippen LogP contribution in [0.25, 0.3) is 0 Å². The molecule has 0 atom stereocenters. The third kappa shape index (κ3) is 8.92. The summed E-state index contributed by atoms with van der Waals surface area (Å²) < 4.78 is 5.09. The summed E-state index contributed by atoms with van der Waals surface area (Å²) >= 11 is 0. The highest BCUT2D eigenvalue weighted by Gasteiger charge is 2.20. The van der Waals surface area contributed by atoms with Crippen molar-refractivity contribution < 1.29 is 9.53 Å². The van der Waals surface area contributed by atoms with Gasteiger partial charge in [-0.05, 0) is 19.4 Å². The van der Waals surface area contributed by atoms with E-state index in [-0.39, 0.29) is 5.97 Å². The molecule has 0 aromatic carbocycles. The van der Waals surface area contributed by atoms with Crippen molar-refractivity contribution in [2.45, 2.75) is 52.4 Å². The van der Waals surface area contributed by atoms with Crippen molar-refractivity contribution in [2.75, 3.05) is 6.61 Å². The van der Waals surface area contributed by atoms with Crippen molar-refractivity contribution in [1.29, 1.82) is 0 Å². The molecule has 0 aromatic heterocycles. The van der Waals surface area contributed by atoms with Crippen LogP contribution in [0.2, 0.25) is 25.7 Å². The van der Waals surface area contributed by atoms with Crippen molar-refractivity contribution in [1.82, 2.24) is 0 Å². The van der Waals surface area contributed by atoms with E-state index in [2.05, 4.69) is 32.6 Å². The van der Waals surface area contributed by atoms with E-state index in [1.807, 2.05) is 19.1 Å². The van der Waals surface area contributed by atoms with Gasteiger partial charge in [0.15, 0.2) is 0 Å². The van der Waals surface area contributed by atoms with Crippen LogP contribution in [-0.2, 0) is 9.53 Å². The van der Waals surface area contributed by atoms with Crippen LogP contribution in [0.15, 0.2) is 23.8 Å². The summed E-state index contributed by atoms with van der Waals surface area (Å²) in [5.41, 5.74) is 0.818. The largest absolute Gasteiger partial charge is 0.463 e. The Bertz CT molecular complexity index is 285. The second-order valence-corrected chi connectivity index (χ2v) is 10.8. The molecule has 0 aromatic rings. The second-order valence-electron chi connectivity index (χ2n) is 5.37. The summed E-state index contributed by atoms with van der Waals surface area (Å²) in [5, 5.41) is 0. The molecule has 0 spiro atoms. The van der Waals surface area contributed by atoms with Crippen molar-refractivity contribution in [3.63, 3.8) is 0 Å². The molecule has 0 radical (unpaired) electrons. The molecular formula is C14H26O2Si. The number of unbranched alkanes of at least 4 members (excludes halogenated alkanes) is 1. The first-order valence-electron chi connectivity index (χ1n) is 6.43. The predicted octanol–water partition coefficient (Wildman–Crippen LogP) is 4.17. The van der Waals surface area contributed by atoms with Crippen LogP contribution in [0.4, 0.5) is 0 Å². The van der Waals surface area contributed by atoms with E-state index >= 15 is 0 Å². The topological polar surface area (TPSA) is 26.3 Å². The number of allylic oxidation sites excluding steroid dienone is 3. The standard InChI is InChI=1S/C14H26O2Si/c1-6-8-9-10-11-13(12-17(3,4)5)14(15)16-7-2/h9-11H,6-8,12H2,1-5H3/b10-9+,13-11+. The number of ether oxygens (including phenoxy) is 1. The molecule has 17 heavy (non-hydrogen) atoms. The maximum Gasteiger partial charge on any atom is 0.333 e. The number of carbonyl (C=O) groups is 1. The fourth-order valence-electron chi connectivity index (χ4n) is 1.44. The van der Waals surface area contributed by atoms with Gasteiger partial charge in [0.2, 0.25) is 0 Å². The normalized spacial score (nSPS) is 13.1. The first kappa shape index (κ1) is 16.2. The molecule has 0 rings (SSSR count). The maximum absolute atomic E-state index is 11.8. The lowest BCUT2D eigenvalue weighted by atomic mass is 10.2. The van der Waals surface area contributed by atoms with Crippen molar-refractivity contribution in [3.8, 4) is 0 Å². The van der Waals surface area contributed by atoms with E-state index in [4.69, 9.17) is 4.74 Å². The second kappa shape index (κ2) is 8.29. The van der Waals surface area contributed by atoms with Crippen molar-refractivity contribution in [3.05, 3.63) is 23.8 Å². The molecule has 0 amide bonds. The van der Waals surface area contributed by atoms with Crippen LogP contribution in [0.1, 0.15) is 26.7 Å². The quantitative estimate of drug-likeness (QED) is 0.295. The maximum atomic E-state index is 11.8. The fraction of sp³-hybridized carbons (Fsp3) is 0.643. The van der Waals surface area contributed by atoms with Gasteiger partial charge in [0, 0.05) is 13.6 Å². The number of esters is 1. The van der Waals surface area contributed by atoms with E-state index in [9.17, 15) is 4.79 Å². The van der Waals surface area contributed by atoms with Gasteiger partial charge in [-0.3, -0.25) is 0 Å². The SMILES string of the molecule is CCC/C=C/C=C(\C[Si](C)(C)C)C(=O)OCC. The van der Waals surface area contributed by atoms with Gasteiger partial charge in [-0.2, -0.15) is 0 Å². The van der Waals surface area contributed by atoms with E-state index in [1.54, 1.807) is 0 Å². The van der Waals surface area contributed by atoms with Crippen LogP contribution in [0.5, 0.6) is 0 Å². The van der Waals surface area contributed by atoms with Crippen LogP contribution < -0.4 is 0 Å². The summed E-state index contributed by atoms with van der Waals surface area (Å²) in [5.74, 6) is -0.156. The Morgan fingerprint density at radius 3 is 2.35 bits per heavy atom. The molecule has 0 fully saturated rings. The van der Waals surface area contributed by atoms with Gasteiger partial charge >= 0.3 is 5.97 Å². The first-order chi connectivity index (χ1) is 7.90. The number of rotatable bonds is 7. The zero-order chi connectivity index (χ0) is 13.3. The van der Waals surface area contributed by atoms with Gasteiger partial charge in [0.25, 0.3) is 0 Å². The smallest absolute Gasteiger partial charge is 0.333 e. The van der Waals surface area contributed by atoms with Crippen LogP contribution in [-0.4, -0.2) is 20.7 Å². The Balaban J connectivity index is 4.66. The minimum atomic E-state index is -1.28. The molecule has 0 heterocycles. The molecule has 0 aliphatic carbocycles. The van der Waals surface area contributed by atoms with Crippen LogP contribution in [0, 0.1) is 0 Å². The highest BCUT2D eigenvalue weighted by Crippen LogP contribution is 2.17. The Morgan fingerprint density at radius 2 is 1.88 bits per heavy atom. The number of hydrogen-bond donors (Lipinski definition) is 0. The average Bonchev–Trinajstić information content (AvgIpc) is 2.21. The Labute approximate surface area is 107 Å². The van der Waals surface area contributed by atoms with Gasteiger partial charge in [-0.25, -0.2) is 4.79 Å². The van der Waals surface area contributed by atoms with E-state index < -0.39 is 8.07 Å². The van der Waals surface area contributed by atoms with Gasteiger partial charge in [0.1, 0.15) is 0 Å². The zero-order valence-corrected chi connectivity index (χ0v) is 12.9. The molecule has 0 saturated heterocycles. The fourth-order valence-corrected chi connectivity index (χ4v) is 2.85. The Hall–Kier alpha value is -0.833. The lowest BCUT2D eigenvalue weighted by Crippen LogP contribution is -2.23. The molecule has 0 saturated carbocycles. The van der Waals surface area contributed by atoms with Crippen LogP contribution in [0.3, 0.4) is 0 Å². The highest BCUT2D eigenvalue weighted by atomic mass is 28.3. The summed E-state index contributed by atoms with van der Waals surface area (Å²) in [6.45, 7) is 11.2. The molecule has 0 unspecified atom stereocenters. The third-order valence-corrected chi connectivity index (χ3v) is 3.59. The monoisotopic (exact) mass is 254 g/mol. The molecule has 0 aliphatic rings. The van der Waals surface area contributed by atoms with Gasteiger partial charge in [-0.15, -0.1) is 0 Å². The van der Waals surface area contributed by atoms with Gasteiger partial charge in [0.05, 0.1) is 6.61 Å². The van der Waals surface area contributed by atoms with E-state index in [0.717, 1.165) is 24.5 Å². The number of hydrogen-bond acceptors (Lipinski definition) is 2. The molecule has 0 aliphatic heterocycles. The molecule has 0 bridgehead atoms. The van der Waals surface area contributed by atoms with Gasteiger partial charge < -0.3 is 4.74 Å². The lowest BCUT2D eigenvalue weighted by Gasteiger charge is -2.17.